The third-order valence-electron chi connectivity index (χ3n) is 4.54. The number of aryl methyl sites for hydroxylation is 2. The van der Waals surface area contributed by atoms with Crippen molar-refractivity contribution in [1.29, 1.82) is 0 Å². The summed E-state index contributed by atoms with van der Waals surface area (Å²) in [5, 5.41) is 0. The van der Waals surface area contributed by atoms with Gasteiger partial charge in [-0.25, -0.2) is 0 Å². The Morgan fingerprint density at radius 1 is 1.21 bits per heavy atom. The standard InChI is InChI=1S/C17H25NO/c1-12-7-9-18(10-8-12)15(4)17(19)16-6-5-13(2)14(3)11-16/h5-6,11-12,15H,7-10H2,1-4H3. The zero-order valence-corrected chi connectivity index (χ0v) is 12.6. The lowest BCUT2D eigenvalue weighted by atomic mass is 9.95. The molecule has 0 radical (unpaired) electrons. The first-order chi connectivity index (χ1) is 8.99. The summed E-state index contributed by atoms with van der Waals surface area (Å²) in [6, 6.07) is 6.05. The molecule has 1 fully saturated rings. The van der Waals surface area contributed by atoms with Gasteiger partial charge in [-0.05, 0) is 69.8 Å². The third-order valence-corrected chi connectivity index (χ3v) is 4.54. The van der Waals surface area contributed by atoms with E-state index in [9.17, 15) is 4.79 Å². The SMILES string of the molecule is Cc1ccc(C(=O)C(C)N2CCC(C)CC2)cc1C. The van der Waals surface area contributed by atoms with E-state index in [4.69, 9.17) is 0 Å². The van der Waals surface area contributed by atoms with Crippen LogP contribution >= 0.6 is 0 Å². The average molecular weight is 259 g/mol. The molecule has 0 bridgehead atoms. The maximum absolute atomic E-state index is 12.5. The van der Waals surface area contributed by atoms with Crippen molar-refractivity contribution >= 4 is 5.78 Å². The van der Waals surface area contributed by atoms with Crippen LogP contribution in [-0.2, 0) is 0 Å². The van der Waals surface area contributed by atoms with E-state index in [1.807, 2.05) is 25.1 Å². The maximum atomic E-state index is 12.5. The molecular weight excluding hydrogens is 234 g/mol. The van der Waals surface area contributed by atoms with Crippen molar-refractivity contribution in [2.45, 2.75) is 46.6 Å². The van der Waals surface area contributed by atoms with Gasteiger partial charge in [0.15, 0.2) is 5.78 Å². The molecule has 1 atom stereocenters. The van der Waals surface area contributed by atoms with Crippen LogP contribution in [0.5, 0.6) is 0 Å². The zero-order chi connectivity index (χ0) is 14.0. The van der Waals surface area contributed by atoms with E-state index in [2.05, 4.69) is 25.7 Å². The molecule has 1 aromatic rings. The summed E-state index contributed by atoms with van der Waals surface area (Å²) in [5.41, 5.74) is 3.30. The summed E-state index contributed by atoms with van der Waals surface area (Å²) in [4.78, 5) is 14.9. The lowest BCUT2D eigenvalue weighted by molar-refractivity contribution is 0.0778. The molecule has 1 aliphatic rings. The smallest absolute Gasteiger partial charge is 0.179 e. The Bertz CT molecular complexity index is 458. The fraction of sp³-hybridized carbons (Fsp3) is 0.588. The Morgan fingerprint density at radius 3 is 2.42 bits per heavy atom. The summed E-state index contributed by atoms with van der Waals surface area (Å²) in [6.45, 7) is 10.6. The van der Waals surface area contributed by atoms with Gasteiger partial charge < -0.3 is 0 Å². The molecule has 1 aromatic carbocycles. The Labute approximate surface area is 116 Å². The Balaban J connectivity index is 2.08. The number of carbonyl (C=O) groups is 1. The minimum absolute atomic E-state index is 0.00889. The van der Waals surface area contributed by atoms with Crippen LogP contribution in [0, 0.1) is 19.8 Å². The number of hydrogen-bond acceptors (Lipinski definition) is 2. The van der Waals surface area contributed by atoms with Crippen molar-refractivity contribution in [3.05, 3.63) is 34.9 Å². The van der Waals surface area contributed by atoms with E-state index in [1.165, 1.54) is 24.0 Å². The first-order valence-electron chi connectivity index (χ1n) is 7.34. The minimum Gasteiger partial charge on any atom is -0.293 e. The third kappa shape index (κ3) is 3.24. The van der Waals surface area contributed by atoms with E-state index >= 15 is 0 Å². The highest BCUT2D eigenvalue weighted by Crippen LogP contribution is 2.20. The van der Waals surface area contributed by atoms with E-state index < -0.39 is 0 Å². The quantitative estimate of drug-likeness (QED) is 0.773. The summed E-state index contributed by atoms with van der Waals surface area (Å²) >= 11 is 0. The van der Waals surface area contributed by atoms with E-state index in [0.717, 1.165) is 24.6 Å². The maximum Gasteiger partial charge on any atom is 0.179 e. The molecule has 0 spiro atoms. The first kappa shape index (κ1) is 14.3. The van der Waals surface area contributed by atoms with Crippen LogP contribution in [-0.4, -0.2) is 29.8 Å². The number of carbonyl (C=O) groups excluding carboxylic acids is 1. The van der Waals surface area contributed by atoms with Crippen molar-refractivity contribution in [2.24, 2.45) is 5.92 Å². The highest BCUT2D eigenvalue weighted by molar-refractivity contribution is 6.00. The van der Waals surface area contributed by atoms with Crippen LogP contribution in [0.25, 0.3) is 0 Å². The monoisotopic (exact) mass is 259 g/mol. The van der Waals surface area contributed by atoms with Gasteiger partial charge in [-0.2, -0.15) is 0 Å². The molecule has 104 valence electrons. The number of hydrogen-bond donors (Lipinski definition) is 0. The molecule has 1 heterocycles. The fourth-order valence-electron chi connectivity index (χ4n) is 2.72. The zero-order valence-electron chi connectivity index (χ0n) is 12.6. The predicted molar refractivity (Wildman–Crippen MR) is 79.7 cm³/mol. The van der Waals surface area contributed by atoms with Gasteiger partial charge >= 0.3 is 0 Å². The number of nitrogens with zero attached hydrogens (tertiary/aromatic N) is 1. The molecule has 0 aromatic heterocycles. The summed E-state index contributed by atoms with van der Waals surface area (Å²) in [7, 11) is 0. The van der Waals surface area contributed by atoms with Gasteiger partial charge in [-0.1, -0.05) is 19.1 Å². The van der Waals surface area contributed by atoms with Crippen molar-refractivity contribution in [3.8, 4) is 0 Å². The molecule has 1 saturated heterocycles. The molecule has 19 heavy (non-hydrogen) atoms. The Kier molecular flexibility index (Phi) is 4.41. The second-order valence-electron chi connectivity index (χ2n) is 6.06. The first-order valence-corrected chi connectivity index (χ1v) is 7.34. The van der Waals surface area contributed by atoms with Gasteiger partial charge in [0.1, 0.15) is 0 Å². The van der Waals surface area contributed by atoms with Crippen LogP contribution in [0.15, 0.2) is 18.2 Å². The highest BCUT2D eigenvalue weighted by Gasteiger charge is 2.25. The molecule has 0 N–H and O–H groups in total. The molecule has 2 heteroatoms. The second-order valence-corrected chi connectivity index (χ2v) is 6.06. The second kappa shape index (κ2) is 5.87. The largest absolute Gasteiger partial charge is 0.293 e. The number of rotatable bonds is 3. The van der Waals surface area contributed by atoms with Crippen molar-refractivity contribution in [1.82, 2.24) is 4.90 Å². The van der Waals surface area contributed by atoms with Gasteiger partial charge in [-0.3, -0.25) is 9.69 Å². The number of ketones is 1. The molecule has 2 nitrogen and oxygen atoms in total. The van der Waals surface area contributed by atoms with E-state index in [-0.39, 0.29) is 11.8 Å². The Hall–Kier alpha value is -1.15. The van der Waals surface area contributed by atoms with Gasteiger partial charge in [0, 0.05) is 5.56 Å². The van der Waals surface area contributed by atoms with Gasteiger partial charge in [-0.15, -0.1) is 0 Å². The van der Waals surface area contributed by atoms with E-state index in [0.29, 0.717) is 0 Å². The predicted octanol–water partition coefficient (Wildman–Crippen LogP) is 3.61. The van der Waals surface area contributed by atoms with Gasteiger partial charge in [0.2, 0.25) is 0 Å². The molecule has 1 aliphatic heterocycles. The molecular formula is C17H25NO. The lowest BCUT2D eigenvalue weighted by Crippen LogP contribution is -2.43. The van der Waals surface area contributed by atoms with Gasteiger partial charge in [0.25, 0.3) is 0 Å². The molecule has 1 unspecified atom stereocenters. The topological polar surface area (TPSA) is 20.3 Å². The van der Waals surface area contributed by atoms with Crippen LogP contribution in [0.4, 0.5) is 0 Å². The van der Waals surface area contributed by atoms with Crippen LogP contribution < -0.4 is 0 Å². The number of Topliss-reactive ketones (excluding diaryl/α,β-unsaturated/α-hetero) is 1. The van der Waals surface area contributed by atoms with Crippen molar-refractivity contribution in [2.75, 3.05) is 13.1 Å². The number of piperidine rings is 1. The fourth-order valence-corrected chi connectivity index (χ4v) is 2.72. The summed E-state index contributed by atoms with van der Waals surface area (Å²) in [5.74, 6) is 1.07. The van der Waals surface area contributed by atoms with Gasteiger partial charge in [0.05, 0.1) is 6.04 Å². The molecule has 0 aliphatic carbocycles. The van der Waals surface area contributed by atoms with Crippen LogP contribution in [0.2, 0.25) is 0 Å². The van der Waals surface area contributed by atoms with Crippen molar-refractivity contribution in [3.63, 3.8) is 0 Å². The van der Waals surface area contributed by atoms with Crippen LogP contribution in [0.1, 0.15) is 48.2 Å². The Morgan fingerprint density at radius 2 is 1.84 bits per heavy atom. The average Bonchev–Trinajstić information content (AvgIpc) is 2.41. The van der Waals surface area contributed by atoms with Crippen LogP contribution in [0.3, 0.4) is 0 Å². The van der Waals surface area contributed by atoms with E-state index in [1.54, 1.807) is 0 Å². The molecule has 0 amide bonds. The lowest BCUT2D eigenvalue weighted by Gasteiger charge is -2.34. The highest BCUT2D eigenvalue weighted by atomic mass is 16.1. The normalized spacial score (nSPS) is 19.4. The summed E-state index contributed by atoms with van der Waals surface area (Å²) in [6.07, 6.45) is 2.43. The number of benzene rings is 1. The molecule has 2 rings (SSSR count). The number of likely N-dealkylation sites (tertiary alicyclic amines) is 1. The summed E-state index contributed by atoms with van der Waals surface area (Å²) < 4.78 is 0. The molecule has 0 saturated carbocycles. The van der Waals surface area contributed by atoms with Crippen molar-refractivity contribution < 1.29 is 4.79 Å². The minimum atomic E-state index is 0.00889.